The van der Waals surface area contributed by atoms with Crippen molar-refractivity contribution in [2.24, 2.45) is 0 Å². The van der Waals surface area contributed by atoms with Gasteiger partial charge in [0.05, 0.1) is 11.7 Å². The van der Waals surface area contributed by atoms with Gasteiger partial charge >= 0.3 is 0 Å². The fraction of sp³-hybridized carbons (Fsp3) is 0.727. The molecular weight excluding hydrogens is 176 g/mol. The van der Waals surface area contributed by atoms with E-state index < -0.39 is 0 Å². The van der Waals surface area contributed by atoms with Gasteiger partial charge in [-0.05, 0) is 33.2 Å². The molecule has 2 rings (SSSR count). The van der Waals surface area contributed by atoms with E-state index in [9.17, 15) is 0 Å². The van der Waals surface area contributed by atoms with Crippen LogP contribution in [0.1, 0.15) is 49.1 Å². The summed E-state index contributed by atoms with van der Waals surface area (Å²) in [5.41, 5.74) is 1.02. The van der Waals surface area contributed by atoms with Crippen LogP contribution in [0.5, 0.6) is 0 Å². The highest BCUT2D eigenvalue weighted by molar-refractivity contribution is 5.07. The zero-order valence-corrected chi connectivity index (χ0v) is 8.97. The van der Waals surface area contributed by atoms with Crippen LogP contribution in [-0.2, 0) is 0 Å². The van der Waals surface area contributed by atoms with Crippen LogP contribution in [0.15, 0.2) is 4.42 Å². The van der Waals surface area contributed by atoms with E-state index in [0.29, 0.717) is 6.04 Å². The number of nitrogens with one attached hydrogen (secondary N) is 1. The van der Waals surface area contributed by atoms with Crippen molar-refractivity contribution in [1.82, 2.24) is 10.3 Å². The zero-order chi connectivity index (χ0) is 9.97. The van der Waals surface area contributed by atoms with Gasteiger partial charge in [-0.15, -0.1) is 0 Å². The molecule has 3 nitrogen and oxygen atoms in total. The van der Waals surface area contributed by atoms with Crippen LogP contribution in [0, 0.1) is 13.8 Å². The summed E-state index contributed by atoms with van der Waals surface area (Å²) in [6.45, 7) is 5.06. The topological polar surface area (TPSA) is 38.1 Å². The van der Waals surface area contributed by atoms with E-state index in [-0.39, 0.29) is 0 Å². The molecule has 0 saturated carbocycles. The van der Waals surface area contributed by atoms with Crippen LogP contribution >= 0.6 is 0 Å². The van der Waals surface area contributed by atoms with Gasteiger partial charge in [-0.1, -0.05) is 12.8 Å². The molecule has 0 radical (unpaired) electrons. The monoisotopic (exact) mass is 194 g/mol. The van der Waals surface area contributed by atoms with Crippen LogP contribution in [0.2, 0.25) is 0 Å². The van der Waals surface area contributed by atoms with Crippen molar-refractivity contribution < 1.29 is 4.42 Å². The molecule has 0 aliphatic carbocycles. The largest absolute Gasteiger partial charge is 0.444 e. The van der Waals surface area contributed by atoms with Gasteiger partial charge in [0.15, 0.2) is 0 Å². The summed E-state index contributed by atoms with van der Waals surface area (Å²) in [4.78, 5) is 4.45. The minimum atomic E-state index is 0.338. The summed E-state index contributed by atoms with van der Waals surface area (Å²) in [5, 5.41) is 3.48. The Balaban J connectivity index is 2.12. The molecule has 14 heavy (non-hydrogen) atoms. The standard InChI is InChI=1S/C11H18N2O/c1-8-9(2)14-11(13-8)10-6-4-3-5-7-12-10/h10,12H,3-7H2,1-2H3. The summed E-state index contributed by atoms with van der Waals surface area (Å²) in [5.74, 6) is 1.83. The number of hydrogen-bond acceptors (Lipinski definition) is 3. The lowest BCUT2D eigenvalue weighted by molar-refractivity contribution is 0.383. The van der Waals surface area contributed by atoms with Gasteiger partial charge in [-0.2, -0.15) is 0 Å². The third kappa shape index (κ3) is 1.98. The van der Waals surface area contributed by atoms with Crippen molar-refractivity contribution in [1.29, 1.82) is 0 Å². The molecule has 0 spiro atoms. The molecular formula is C11H18N2O. The number of nitrogens with zero attached hydrogens (tertiary/aromatic N) is 1. The third-order valence-electron chi connectivity index (χ3n) is 2.90. The molecule has 3 heteroatoms. The second-order valence-corrected chi connectivity index (χ2v) is 4.05. The van der Waals surface area contributed by atoms with E-state index in [2.05, 4.69) is 10.3 Å². The Morgan fingerprint density at radius 3 is 2.86 bits per heavy atom. The predicted molar refractivity (Wildman–Crippen MR) is 55.2 cm³/mol. The van der Waals surface area contributed by atoms with E-state index in [1.807, 2.05) is 13.8 Å². The highest BCUT2D eigenvalue weighted by Crippen LogP contribution is 2.23. The lowest BCUT2D eigenvalue weighted by atomic mass is 10.1. The van der Waals surface area contributed by atoms with E-state index in [4.69, 9.17) is 4.42 Å². The summed E-state index contributed by atoms with van der Waals surface area (Å²) in [6.07, 6.45) is 5.02. The van der Waals surface area contributed by atoms with Crippen LogP contribution in [0.3, 0.4) is 0 Å². The molecule has 1 aromatic heterocycles. The van der Waals surface area contributed by atoms with Crippen molar-refractivity contribution in [2.75, 3.05) is 6.54 Å². The van der Waals surface area contributed by atoms with Crippen molar-refractivity contribution in [3.05, 3.63) is 17.3 Å². The van der Waals surface area contributed by atoms with Gasteiger partial charge in [0.25, 0.3) is 0 Å². The summed E-state index contributed by atoms with van der Waals surface area (Å²) in [7, 11) is 0. The number of rotatable bonds is 1. The minimum absolute atomic E-state index is 0.338. The molecule has 2 heterocycles. The molecule has 1 aliphatic heterocycles. The van der Waals surface area contributed by atoms with Crippen LogP contribution in [-0.4, -0.2) is 11.5 Å². The maximum atomic E-state index is 5.64. The molecule has 0 aromatic carbocycles. The van der Waals surface area contributed by atoms with Crippen LogP contribution in [0.25, 0.3) is 0 Å². The lowest BCUT2D eigenvalue weighted by Crippen LogP contribution is -2.20. The highest BCUT2D eigenvalue weighted by atomic mass is 16.4. The van der Waals surface area contributed by atoms with E-state index in [0.717, 1.165) is 30.3 Å². The van der Waals surface area contributed by atoms with Gasteiger partial charge in [0.2, 0.25) is 5.89 Å². The summed E-state index contributed by atoms with van der Waals surface area (Å²) < 4.78 is 5.64. The number of oxazole rings is 1. The zero-order valence-electron chi connectivity index (χ0n) is 8.97. The predicted octanol–water partition coefficient (Wildman–Crippen LogP) is 2.50. The molecule has 1 aromatic rings. The Hall–Kier alpha value is -0.830. The Bertz CT molecular complexity index is 279. The number of hydrogen-bond donors (Lipinski definition) is 1. The van der Waals surface area contributed by atoms with Crippen molar-refractivity contribution in [3.8, 4) is 0 Å². The number of aromatic nitrogens is 1. The van der Waals surface area contributed by atoms with Gasteiger partial charge in [-0.25, -0.2) is 4.98 Å². The second kappa shape index (κ2) is 4.13. The number of aryl methyl sites for hydroxylation is 2. The van der Waals surface area contributed by atoms with Crippen LogP contribution in [0.4, 0.5) is 0 Å². The maximum Gasteiger partial charge on any atom is 0.211 e. The SMILES string of the molecule is Cc1nc(C2CCCCCN2)oc1C. The van der Waals surface area contributed by atoms with Crippen molar-refractivity contribution >= 4 is 0 Å². The molecule has 1 unspecified atom stereocenters. The van der Waals surface area contributed by atoms with E-state index in [1.165, 1.54) is 19.3 Å². The smallest absolute Gasteiger partial charge is 0.211 e. The molecule has 1 atom stereocenters. The van der Waals surface area contributed by atoms with Crippen LogP contribution < -0.4 is 5.32 Å². The molecule has 1 N–H and O–H groups in total. The third-order valence-corrected chi connectivity index (χ3v) is 2.90. The molecule has 1 saturated heterocycles. The second-order valence-electron chi connectivity index (χ2n) is 4.05. The fourth-order valence-corrected chi connectivity index (χ4v) is 1.89. The molecule has 0 bridgehead atoms. The summed E-state index contributed by atoms with van der Waals surface area (Å²) >= 11 is 0. The van der Waals surface area contributed by atoms with Gasteiger partial charge in [-0.3, -0.25) is 0 Å². The van der Waals surface area contributed by atoms with Crippen molar-refractivity contribution in [3.63, 3.8) is 0 Å². The summed E-state index contributed by atoms with van der Waals surface area (Å²) in [6, 6.07) is 0.338. The Kier molecular flexibility index (Phi) is 2.87. The first-order valence-electron chi connectivity index (χ1n) is 5.44. The maximum absolute atomic E-state index is 5.64. The lowest BCUT2D eigenvalue weighted by Gasteiger charge is -2.10. The van der Waals surface area contributed by atoms with Gasteiger partial charge < -0.3 is 9.73 Å². The average Bonchev–Trinajstić information content (AvgIpc) is 2.46. The highest BCUT2D eigenvalue weighted by Gasteiger charge is 2.19. The Morgan fingerprint density at radius 1 is 1.29 bits per heavy atom. The van der Waals surface area contributed by atoms with Gasteiger partial charge in [0.1, 0.15) is 5.76 Å². The van der Waals surface area contributed by atoms with Gasteiger partial charge in [0, 0.05) is 0 Å². The first-order chi connectivity index (χ1) is 6.77. The minimum Gasteiger partial charge on any atom is -0.444 e. The quantitative estimate of drug-likeness (QED) is 0.746. The molecule has 1 aliphatic rings. The van der Waals surface area contributed by atoms with Crippen molar-refractivity contribution in [2.45, 2.75) is 45.6 Å². The first-order valence-corrected chi connectivity index (χ1v) is 5.44. The Labute approximate surface area is 84.9 Å². The average molecular weight is 194 g/mol. The van der Waals surface area contributed by atoms with E-state index >= 15 is 0 Å². The fourth-order valence-electron chi connectivity index (χ4n) is 1.89. The normalized spacial score (nSPS) is 23.4. The van der Waals surface area contributed by atoms with E-state index in [1.54, 1.807) is 0 Å². The molecule has 1 fully saturated rings. The molecule has 78 valence electrons. The first kappa shape index (κ1) is 9.71. The molecule has 0 amide bonds. The Morgan fingerprint density at radius 2 is 2.14 bits per heavy atom.